The van der Waals surface area contributed by atoms with Crippen LogP contribution in [0, 0.1) is 0 Å². The van der Waals surface area contributed by atoms with Crippen LogP contribution in [-0.2, 0) is 4.79 Å². The van der Waals surface area contributed by atoms with Crippen LogP contribution in [0.1, 0.15) is 50.4 Å². The molecule has 0 aliphatic heterocycles. The van der Waals surface area contributed by atoms with Crippen molar-refractivity contribution >= 4 is 37.9 Å². The number of hydrogen-bond acceptors (Lipinski definition) is 3. The summed E-state index contributed by atoms with van der Waals surface area (Å²) in [7, 11) is 1.89. The predicted molar refractivity (Wildman–Crippen MR) is 103 cm³/mol. The Morgan fingerprint density at radius 1 is 1.26 bits per heavy atom. The number of Topliss-reactive ketones (excluding diaryl/α,β-unsaturated/α-hetero) is 1. The fourth-order valence-electron chi connectivity index (χ4n) is 2.11. The lowest BCUT2D eigenvalue weighted by Gasteiger charge is -2.22. The zero-order chi connectivity index (χ0) is 17.7. The second-order valence-corrected chi connectivity index (χ2v) is 7.54. The topological polar surface area (TPSA) is 46.2 Å². The molecule has 0 spiro atoms. The Kier molecular flexibility index (Phi) is 6.69. The van der Waals surface area contributed by atoms with Gasteiger partial charge in [0, 0.05) is 27.7 Å². The largest absolute Gasteiger partial charge is 0.326 e. The first kappa shape index (κ1) is 19.6. The molecular formula is C18H26BNO2S. The summed E-state index contributed by atoms with van der Waals surface area (Å²) in [6.45, 7) is 9.68. The predicted octanol–water partition coefficient (Wildman–Crippen LogP) is 3.68. The van der Waals surface area contributed by atoms with E-state index in [9.17, 15) is 9.59 Å². The van der Waals surface area contributed by atoms with Crippen molar-refractivity contribution in [3.8, 4) is 0 Å². The van der Waals surface area contributed by atoms with Gasteiger partial charge in [-0.05, 0) is 37.1 Å². The van der Waals surface area contributed by atoms with Gasteiger partial charge >= 0.3 is 0 Å². The quantitative estimate of drug-likeness (QED) is 0.330. The van der Waals surface area contributed by atoms with Gasteiger partial charge in [-0.25, -0.2) is 0 Å². The van der Waals surface area contributed by atoms with E-state index in [1.54, 1.807) is 30.3 Å². The van der Waals surface area contributed by atoms with E-state index in [1.165, 1.54) is 0 Å². The lowest BCUT2D eigenvalue weighted by atomic mass is 9.63. The third-order valence-corrected chi connectivity index (χ3v) is 4.91. The Labute approximate surface area is 145 Å². The van der Waals surface area contributed by atoms with Gasteiger partial charge in [-0.15, -0.1) is 6.58 Å². The maximum Gasteiger partial charge on any atom is 0.225 e. The Hall–Kier alpha value is -1.49. The van der Waals surface area contributed by atoms with Gasteiger partial charge in [0.05, 0.1) is 0 Å². The summed E-state index contributed by atoms with van der Waals surface area (Å²) in [5, 5.41) is 2.29. The molecule has 2 unspecified atom stereocenters. The molecule has 1 aromatic rings. The van der Waals surface area contributed by atoms with Crippen LogP contribution in [-0.4, -0.2) is 24.3 Å². The van der Waals surface area contributed by atoms with E-state index >= 15 is 0 Å². The number of nitrogens with one attached hydrogen (secondary N) is 1. The number of hydrogen-bond donors (Lipinski definition) is 2. The van der Waals surface area contributed by atoms with Crippen molar-refractivity contribution in [2.24, 2.45) is 0 Å². The number of thiol groups is 1. The molecule has 1 amide bonds. The molecule has 1 aromatic carbocycles. The molecule has 1 N–H and O–H groups in total. The summed E-state index contributed by atoms with van der Waals surface area (Å²) < 4.78 is -0.313. The molecule has 23 heavy (non-hydrogen) atoms. The monoisotopic (exact) mass is 331 g/mol. The van der Waals surface area contributed by atoms with Crippen molar-refractivity contribution in [1.29, 1.82) is 0 Å². The highest BCUT2D eigenvalue weighted by Gasteiger charge is 2.28. The smallest absolute Gasteiger partial charge is 0.225 e. The Bertz CT molecular complexity index is 583. The van der Waals surface area contributed by atoms with Gasteiger partial charge in [-0.3, -0.25) is 9.59 Å². The fourth-order valence-corrected chi connectivity index (χ4v) is 2.25. The van der Waals surface area contributed by atoms with E-state index in [0.717, 1.165) is 6.42 Å². The summed E-state index contributed by atoms with van der Waals surface area (Å²) in [6.07, 6.45) is 3.56. The average molecular weight is 331 g/mol. The Balaban J connectivity index is 2.80. The highest BCUT2D eigenvalue weighted by Crippen LogP contribution is 2.32. The maximum atomic E-state index is 12.5. The summed E-state index contributed by atoms with van der Waals surface area (Å²) in [5.41, 5.74) is 1.31. The van der Waals surface area contributed by atoms with E-state index in [4.69, 9.17) is 0 Å². The van der Waals surface area contributed by atoms with Crippen LogP contribution in [0.25, 0.3) is 0 Å². The number of rotatable bonds is 8. The van der Waals surface area contributed by atoms with Crippen LogP contribution in [0.5, 0.6) is 0 Å². The molecule has 0 saturated carbocycles. The van der Waals surface area contributed by atoms with Crippen molar-refractivity contribution < 1.29 is 9.59 Å². The van der Waals surface area contributed by atoms with Crippen molar-refractivity contribution in [3.05, 3.63) is 42.5 Å². The van der Waals surface area contributed by atoms with Gasteiger partial charge in [-0.1, -0.05) is 26.8 Å². The van der Waals surface area contributed by atoms with Gasteiger partial charge in [0.2, 0.25) is 5.91 Å². The highest BCUT2D eigenvalue weighted by atomic mass is 32.1. The van der Waals surface area contributed by atoms with Crippen LogP contribution in [0.4, 0.5) is 5.69 Å². The molecule has 1 rings (SSSR count). The molecular weight excluding hydrogens is 305 g/mol. The van der Waals surface area contributed by atoms with Gasteiger partial charge < -0.3 is 5.32 Å². The third kappa shape index (κ3) is 5.27. The van der Waals surface area contributed by atoms with Crippen molar-refractivity contribution in [2.45, 2.75) is 50.1 Å². The lowest BCUT2D eigenvalue weighted by molar-refractivity contribution is -0.116. The average Bonchev–Trinajstić information content (AvgIpc) is 2.53. The minimum atomic E-state index is -0.556. The number of ketones is 1. The SMILES string of the molecule is BC(C=C)(CC)C(=O)c1ccc(NC(=O)CC(C)(S)CC)cc1. The number of benzene rings is 1. The normalized spacial score (nSPS) is 16.0. The van der Waals surface area contributed by atoms with Crippen molar-refractivity contribution in [1.82, 2.24) is 0 Å². The van der Waals surface area contributed by atoms with E-state index < -0.39 is 5.31 Å². The number of amides is 1. The fraction of sp³-hybridized carbons (Fsp3) is 0.444. The number of anilines is 1. The van der Waals surface area contributed by atoms with Crippen LogP contribution >= 0.6 is 12.6 Å². The van der Waals surface area contributed by atoms with E-state index in [-0.39, 0.29) is 16.4 Å². The molecule has 0 aromatic heterocycles. The second-order valence-electron chi connectivity index (χ2n) is 6.46. The summed E-state index contributed by atoms with van der Waals surface area (Å²) in [5.74, 6) is -0.0327. The number of allylic oxidation sites excluding steroid dienone is 1. The summed E-state index contributed by atoms with van der Waals surface area (Å²) in [4.78, 5) is 24.5. The molecule has 0 bridgehead atoms. The molecule has 0 heterocycles. The number of carbonyl (C=O) groups excluding carboxylic acids is 2. The molecule has 2 atom stereocenters. The van der Waals surface area contributed by atoms with Crippen molar-refractivity contribution in [3.63, 3.8) is 0 Å². The van der Waals surface area contributed by atoms with Crippen molar-refractivity contribution in [2.75, 3.05) is 5.32 Å². The molecule has 5 heteroatoms. The zero-order valence-electron chi connectivity index (χ0n) is 14.5. The van der Waals surface area contributed by atoms with E-state index in [2.05, 4.69) is 24.5 Å². The number of carbonyl (C=O) groups is 2. The first-order valence-electron chi connectivity index (χ1n) is 7.98. The van der Waals surface area contributed by atoms with Gasteiger partial charge in [0.25, 0.3) is 0 Å². The molecule has 124 valence electrons. The van der Waals surface area contributed by atoms with E-state index in [0.29, 0.717) is 24.1 Å². The third-order valence-electron chi connectivity index (χ3n) is 4.44. The second kappa shape index (κ2) is 7.87. The minimum Gasteiger partial charge on any atom is -0.326 e. The molecule has 0 saturated heterocycles. The highest BCUT2D eigenvalue weighted by molar-refractivity contribution is 7.81. The van der Waals surface area contributed by atoms with Crippen LogP contribution in [0.2, 0.25) is 5.31 Å². The Morgan fingerprint density at radius 3 is 2.26 bits per heavy atom. The summed E-state index contributed by atoms with van der Waals surface area (Å²) >= 11 is 4.47. The van der Waals surface area contributed by atoms with E-state index in [1.807, 2.05) is 28.6 Å². The molecule has 0 fully saturated rings. The lowest BCUT2D eigenvalue weighted by Crippen LogP contribution is -2.25. The maximum absolute atomic E-state index is 12.5. The standard InChI is InChI=1S/C18H26BNO2S/c1-5-17(4,23)12-15(21)20-14-10-8-13(9-11-14)16(22)18(19,6-2)7-3/h6,8-11,23H,2,5,7,12,19H2,1,3-4H3,(H,20,21). The van der Waals surface area contributed by atoms with Gasteiger partial charge in [0.1, 0.15) is 7.85 Å². The molecule has 0 aliphatic carbocycles. The summed E-state index contributed by atoms with van der Waals surface area (Å²) in [6, 6.07) is 7.00. The molecule has 0 radical (unpaired) electrons. The minimum absolute atomic E-state index is 0.0433. The van der Waals surface area contributed by atoms with Crippen LogP contribution < -0.4 is 5.32 Å². The van der Waals surface area contributed by atoms with Crippen LogP contribution in [0.3, 0.4) is 0 Å². The van der Waals surface area contributed by atoms with Gasteiger partial charge in [0.15, 0.2) is 5.78 Å². The van der Waals surface area contributed by atoms with Crippen LogP contribution in [0.15, 0.2) is 36.9 Å². The zero-order valence-corrected chi connectivity index (χ0v) is 15.4. The van der Waals surface area contributed by atoms with Gasteiger partial charge in [-0.2, -0.15) is 12.6 Å². The Morgan fingerprint density at radius 2 is 1.83 bits per heavy atom. The molecule has 3 nitrogen and oxygen atoms in total. The first-order chi connectivity index (χ1) is 10.7. The molecule has 0 aliphatic rings. The first-order valence-corrected chi connectivity index (χ1v) is 8.43.